The van der Waals surface area contributed by atoms with Crippen molar-refractivity contribution in [3.63, 3.8) is 0 Å². The van der Waals surface area contributed by atoms with Gasteiger partial charge in [-0.05, 0) is 37.1 Å². The molecule has 0 saturated heterocycles. The van der Waals surface area contributed by atoms with Gasteiger partial charge in [-0.3, -0.25) is 14.6 Å². The number of hydrogen-bond donors (Lipinski definition) is 5. The van der Waals surface area contributed by atoms with Crippen molar-refractivity contribution in [1.29, 1.82) is 0 Å². The van der Waals surface area contributed by atoms with Gasteiger partial charge in [0.2, 0.25) is 0 Å². The van der Waals surface area contributed by atoms with E-state index in [1.807, 2.05) is 0 Å². The van der Waals surface area contributed by atoms with Crippen molar-refractivity contribution in [2.45, 2.75) is 37.8 Å². The maximum atomic E-state index is 14.7. The fraction of sp³-hybridized carbons (Fsp3) is 0.250. The van der Waals surface area contributed by atoms with Crippen molar-refractivity contribution in [2.24, 2.45) is 11.5 Å². The maximum Gasteiger partial charge on any atom is 0.258 e. The predicted octanol–water partition coefficient (Wildman–Crippen LogP) is 3.53. The Morgan fingerprint density at radius 1 is 0.943 bits per heavy atom. The van der Waals surface area contributed by atoms with Crippen LogP contribution >= 0.6 is 0 Å². The molecule has 0 unspecified atom stereocenters. The number of aromatic nitrogens is 2. The first-order valence-corrected chi connectivity index (χ1v) is 11.1. The van der Waals surface area contributed by atoms with Gasteiger partial charge in [-0.15, -0.1) is 0 Å². The number of amides is 2. The molecule has 1 aliphatic carbocycles. The van der Waals surface area contributed by atoms with E-state index in [1.165, 1.54) is 36.7 Å². The fourth-order valence-corrected chi connectivity index (χ4v) is 3.94. The molecule has 2 heterocycles. The molecule has 182 valence electrons. The van der Waals surface area contributed by atoms with Gasteiger partial charge >= 0.3 is 0 Å². The molecule has 1 saturated carbocycles. The van der Waals surface area contributed by atoms with Crippen molar-refractivity contribution >= 4 is 34.8 Å². The van der Waals surface area contributed by atoms with Crippen molar-refractivity contribution < 1.29 is 18.4 Å². The minimum atomic E-state index is -0.878. The van der Waals surface area contributed by atoms with E-state index in [0.29, 0.717) is 5.69 Å². The number of carbonyl (C=O) groups excluding carboxylic acids is 2. The highest BCUT2D eigenvalue weighted by Crippen LogP contribution is 2.27. The molecule has 1 aliphatic rings. The molecule has 0 spiro atoms. The van der Waals surface area contributed by atoms with Crippen molar-refractivity contribution in [3.8, 4) is 0 Å². The highest BCUT2D eigenvalue weighted by Gasteiger charge is 2.24. The molecular weight excluding hydrogens is 456 g/mol. The third kappa shape index (κ3) is 5.69. The molecular formula is C24H25F2N7O2. The summed E-state index contributed by atoms with van der Waals surface area (Å²) in [6.45, 7) is 0. The number of benzene rings is 1. The van der Waals surface area contributed by atoms with Gasteiger partial charge in [0.1, 0.15) is 11.6 Å². The van der Waals surface area contributed by atoms with Gasteiger partial charge in [-0.1, -0.05) is 25.0 Å². The van der Waals surface area contributed by atoms with Crippen molar-refractivity contribution in [1.82, 2.24) is 9.97 Å². The first kappa shape index (κ1) is 24.0. The third-order valence-electron chi connectivity index (χ3n) is 5.76. The Hall–Kier alpha value is -4.12. The van der Waals surface area contributed by atoms with Gasteiger partial charge in [0.25, 0.3) is 11.8 Å². The average Bonchev–Trinajstić information content (AvgIpc) is 2.82. The highest BCUT2D eigenvalue weighted by atomic mass is 19.1. The SMILES string of the molecule is NC(=O)c1cc(F)c(N[C@@H]2CCCC[C@@H]2N)nc1Nc1cncc(NC(=O)c2ccccc2F)c1. The number of rotatable bonds is 7. The van der Waals surface area contributed by atoms with Crippen molar-refractivity contribution in [2.75, 3.05) is 16.0 Å². The van der Waals surface area contributed by atoms with E-state index in [4.69, 9.17) is 11.5 Å². The molecule has 2 amide bonds. The van der Waals surface area contributed by atoms with Crippen molar-refractivity contribution in [3.05, 3.63) is 71.6 Å². The monoisotopic (exact) mass is 481 g/mol. The summed E-state index contributed by atoms with van der Waals surface area (Å²) < 4.78 is 28.6. The molecule has 0 aliphatic heterocycles. The smallest absolute Gasteiger partial charge is 0.258 e. The molecule has 35 heavy (non-hydrogen) atoms. The quantitative estimate of drug-likeness (QED) is 0.347. The summed E-state index contributed by atoms with van der Waals surface area (Å²) in [4.78, 5) is 32.7. The van der Waals surface area contributed by atoms with Gasteiger partial charge in [0, 0.05) is 12.1 Å². The number of primary amides is 1. The first-order chi connectivity index (χ1) is 16.8. The lowest BCUT2D eigenvalue weighted by atomic mass is 9.91. The molecule has 9 nitrogen and oxygen atoms in total. The van der Waals surface area contributed by atoms with Crippen LogP contribution in [0.15, 0.2) is 48.8 Å². The predicted molar refractivity (Wildman–Crippen MR) is 128 cm³/mol. The van der Waals surface area contributed by atoms with E-state index in [0.717, 1.165) is 31.7 Å². The van der Waals surface area contributed by atoms with Crippen LogP contribution in [-0.2, 0) is 0 Å². The Kier molecular flexibility index (Phi) is 7.16. The van der Waals surface area contributed by atoms with Gasteiger partial charge in [-0.25, -0.2) is 13.8 Å². The summed E-state index contributed by atoms with van der Waals surface area (Å²) in [5.74, 6) is -2.98. The maximum absolute atomic E-state index is 14.7. The van der Waals surface area contributed by atoms with Crippen LogP contribution in [0.1, 0.15) is 46.4 Å². The van der Waals surface area contributed by atoms with E-state index in [2.05, 4.69) is 25.9 Å². The molecule has 7 N–H and O–H groups in total. The number of hydrogen-bond acceptors (Lipinski definition) is 7. The molecule has 2 aromatic heterocycles. The summed E-state index contributed by atoms with van der Waals surface area (Å²) in [6, 6.07) is 7.78. The van der Waals surface area contributed by atoms with E-state index >= 15 is 0 Å². The molecule has 0 radical (unpaired) electrons. The Morgan fingerprint density at radius 3 is 2.43 bits per heavy atom. The van der Waals surface area contributed by atoms with E-state index < -0.39 is 23.4 Å². The molecule has 1 aromatic carbocycles. The first-order valence-electron chi connectivity index (χ1n) is 11.1. The number of nitrogens with two attached hydrogens (primary N) is 2. The number of pyridine rings is 2. The molecule has 1 fully saturated rings. The molecule has 2 atom stereocenters. The molecule has 11 heteroatoms. The highest BCUT2D eigenvalue weighted by molar-refractivity contribution is 6.04. The van der Waals surface area contributed by atoms with Gasteiger partial charge in [0.05, 0.1) is 34.9 Å². The second-order valence-electron chi connectivity index (χ2n) is 8.30. The summed E-state index contributed by atoms with van der Waals surface area (Å²) in [5.41, 5.74) is 11.9. The second kappa shape index (κ2) is 10.4. The van der Waals surface area contributed by atoms with Crippen LogP contribution in [0.3, 0.4) is 0 Å². The summed E-state index contributed by atoms with van der Waals surface area (Å²) in [6.07, 6.45) is 6.36. The normalized spacial score (nSPS) is 17.5. The molecule has 4 rings (SSSR count). The van der Waals surface area contributed by atoms with Gasteiger partial charge < -0.3 is 27.4 Å². The number of carbonyl (C=O) groups is 2. The molecule has 0 bridgehead atoms. The lowest BCUT2D eigenvalue weighted by Crippen LogP contribution is -2.43. The van der Waals surface area contributed by atoms with E-state index in [9.17, 15) is 18.4 Å². The van der Waals surface area contributed by atoms with E-state index in [-0.39, 0.29) is 40.5 Å². The number of nitrogens with one attached hydrogen (secondary N) is 3. The lowest BCUT2D eigenvalue weighted by Gasteiger charge is -2.30. The minimum Gasteiger partial charge on any atom is -0.365 e. The van der Waals surface area contributed by atoms with Crippen LogP contribution in [0.25, 0.3) is 0 Å². The Bertz CT molecular complexity index is 1250. The summed E-state index contributed by atoms with van der Waals surface area (Å²) >= 11 is 0. The summed E-state index contributed by atoms with van der Waals surface area (Å²) in [7, 11) is 0. The second-order valence-corrected chi connectivity index (χ2v) is 8.30. The number of anilines is 4. The Labute approximate surface area is 200 Å². The zero-order chi connectivity index (χ0) is 24.9. The largest absolute Gasteiger partial charge is 0.365 e. The lowest BCUT2D eigenvalue weighted by molar-refractivity contribution is 0.0997. The fourth-order valence-electron chi connectivity index (χ4n) is 3.94. The number of nitrogens with zero attached hydrogens (tertiary/aromatic N) is 2. The van der Waals surface area contributed by atoms with Crippen LogP contribution < -0.4 is 27.4 Å². The van der Waals surface area contributed by atoms with Crippen LogP contribution in [0.5, 0.6) is 0 Å². The Morgan fingerprint density at radius 2 is 1.69 bits per heavy atom. The standard InChI is InChI=1S/C24H25F2N7O2/c25-17-6-2-1-5-15(17)24(35)31-14-9-13(11-29-12-14)30-22-16(21(28)34)10-18(26)23(33-22)32-20-8-4-3-7-19(20)27/h1-2,5-6,9-12,19-20H,3-4,7-8,27H2,(H2,28,34)(H,31,35)(H2,30,32,33)/t19-,20+/m0/s1. The van der Waals surface area contributed by atoms with Crippen LogP contribution in [0.2, 0.25) is 0 Å². The van der Waals surface area contributed by atoms with Gasteiger partial charge in [-0.2, -0.15) is 0 Å². The Balaban J connectivity index is 1.57. The van der Waals surface area contributed by atoms with Crippen LogP contribution in [0.4, 0.5) is 31.8 Å². The number of halogens is 2. The zero-order valence-corrected chi connectivity index (χ0v) is 18.7. The van der Waals surface area contributed by atoms with Crippen LogP contribution in [-0.4, -0.2) is 33.9 Å². The average molecular weight is 482 g/mol. The summed E-state index contributed by atoms with van der Waals surface area (Å²) in [5, 5.41) is 8.50. The zero-order valence-electron chi connectivity index (χ0n) is 18.7. The molecule has 3 aromatic rings. The topological polar surface area (TPSA) is 148 Å². The third-order valence-corrected chi connectivity index (χ3v) is 5.76. The van der Waals surface area contributed by atoms with E-state index in [1.54, 1.807) is 6.07 Å². The van der Waals surface area contributed by atoms with Gasteiger partial charge in [0.15, 0.2) is 11.6 Å². The van der Waals surface area contributed by atoms with Crippen LogP contribution in [0, 0.1) is 11.6 Å². The minimum absolute atomic E-state index is 0.00478.